The second-order valence-electron chi connectivity index (χ2n) is 5.23. The Kier molecular flexibility index (Phi) is 5.41. The Morgan fingerprint density at radius 1 is 1.40 bits per heavy atom. The zero-order chi connectivity index (χ0) is 14.4. The molecule has 1 saturated carbocycles. The molecule has 1 amide bonds. The van der Waals surface area contributed by atoms with E-state index >= 15 is 0 Å². The van der Waals surface area contributed by atoms with Crippen molar-refractivity contribution in [3.8, 4) is 5.75 Å². The molecule has 0 bridgehead atoms. The van der Waals surface area contributed by atoms with Crippen LogP contribution in [0.1, 0.15) is 44.2 Å². The van der Waals surface area contributed by atoms with E-state index in [2.05, 4.69) is 23.6 Å². The van der Waals surface area contributed by atoms with Gasteiger partial charge in [0.25, 0.3) is 0 Å². The number of hydrogen-bond acceptors (Lipinski definition) is 3. The fourth-order valence-electron chi connectivity index (χ4n) is 2.26. The molecule has 1 aromatic rings. The molecule has 4 heteroatoms. The normalized spacial score (nSPS) is 15.7. The van der Waals surface area contributed by atoms with Crippen LogP contribution in [0.15, 0.2) is 24.3 Å². The van der Waals surface area contributed by atoms with Crippen molar-refractivity contribution in [2.24, 2.45) is 0 Å². The van der Waals surface area contributed by atoms with Gasteiger partial charge in [-0.1, -0.05) is 25.1 Å². The van der Waals surface area contributed by atoms with E-state index < -0.39 is 0 Å². The van der Waals surface area contributed by atoms with Crippen LogP contribution in [0.4, 0.5) is 0 Å². The van der Waals surface area contributed by atoms with Crippen LogP contribution in [0, 0.1) is 0 Å². The Labute approximate surface area is 120 Å². The maximum atomic E-state index is 11.6. The van der Waals surface area contributed by atoms with Crippen molar-refractivity contribution < 1.29 is 9.53 Å². The standard InChI is InChI=1S/C16H24N2O2/c1-3-14(17-2)13-6-4-5-7-15(13)20-11-10-16(19)18-12-8-9-12/h4-7,12,14,17H,3,8-11H2,1-2H3,(H,18,19). The average molecular weight is 276 g/mol. The monoisotopic (exact) mass is 276 g/mol. The van der Waals surface area contributed by atoms with Gasteiger partial charge in [0.05, 0.1) is 13.0 Å². The second-order valence-corrected chi connectivity index (χ2v) is 5.23. The highest BCUT2D eigenvalue weighted by Gasteiger charge is 2.23. The Morgan fingerprint density at radius 2 is 2.15 bits per heavy atom. The van der Waals surface area contributed by atoms with E-state index in [-0.39, 0.29) is 11.9 Å². The molecular weight excluding hydrogens is 252 g/mol. The van der Waals surface area contributed by atoms with Gasteiger partial charge in [-0.25, -0.2) is 0 Å². The highest BCUT2D eigenvalue weighted by atomic mass is 16.5. The summed E-state index contributed by atoms with van der Waals surface area (Å²) < 4.78 is 5.79. The Balaban J connectivity index is 1.86. The summed E-state index contributed by atoms with van der Waals surface area (Å²) in [5.74, 6) is 0.957. The molecule has 1 fully saturated rings. The summed E-state index contributed by atoms with van der Waals surface area (Å²) in [4.78, 5) is 11.6. The van der Waals surface area contributed by atoms with E-state index in [9.17, 15) is 4.79 Å². The first-order valence-corrected chi connectivity index (χ1v) is 7.43. The fraction of sp³-hybridized carbons (Fsp3) is 0.562. The Morgan fingerprint density at radius 3 is 2.80 bits per heavy atom. The first kappa shape index (κ1) is 14.9. The van der Waals surface area contributed by atoms with Gasteiger partial charge >= 0.3 is 0 Å². The first-order chi connectivity index (χ1) is 9.74. The smallest absolute Gasteiger partial charge is 0.223 e. The number of hydrogen-bond donors (Lipinski definition) is 2. The minimum absolute atomic E-state index is 0.0886. The molecule has 0 heterocycles. The molecule has 2 rings (SSSR count). The zero-order valence-corrected chi connectivity index (χ0v) is 12.3. The summed E-state index contributed by atoms with van der Waals surface area (Å²) in [6.45, 7) is 2.57. The van der Waals surface area contributed by atoms with Crippen LogP contribution < -0.4 is 15.4 Å². The molecule has 110 valence electrons. The molecule has 0 saturated heterocycles. The topological polar surface area (TPSA) is 50.4 Å². The number of rotatable bonds is 8. The van der Waals surface area contributed by atoms with Crippen molar-refractivity contribution in [2.45, 2.75) is 44.7 Å². The predicted octanol–water partition coefficient (Wildman–Crippen LogP) is 2.40. The molecule has 0 aromatic heterocycles. The number of nitrogens with one attached hydrogen (secondary N) is 2. The molecule has 1 aromatic carbocycles. The Hall–Kier alpha value is -1.55. The van der Waals surface area contributed by atoms with Crippen molar-refractivity contribution in [3.63, 3.8) is 0 Å². The summed E-state index contributed by atoms with van der Waals surface area (Å²) in [5.41, 5.74) is 1.15. The van der Waals surface area contributed by atoms with E-state index in [1.807, 2.05) is 25.2 Å². The van der Waals surface area contributed by atoms with Gasteiger partial charge < -0.3 is 15.4 Å². The third-order valence-corrected chi connectivity index (χ3v) is 3.58. The van der Waals surface area contributed by atoms with Crippen molar-refractivity contribution in [2.75, 3.05) is 13.7 Å². The van der Waals surface area contributed by atoms with E-state index in [0.29, 0.717) is 19.1 Å². The molecule has 0 aliphatic heterocycles. The highest BCUT2D eigenvalue weighted by molar-refractivity contribution is 5.76. The minimum atomic E-state index is 0.0886. The van der Waals surface area contributed by atoms with E-state index in [4.69, 9.17) is 4.74 Å². The maximum absolute atomic E-state index is 11.6. The largest absolute Gasteiger partial charge is 0.493 e. The summed E-state index contributed by atoms with van der Waals surface area (Å²) >= 11 is 0. The molecule has 4 nitrogen and oxygen atoms in total. The minimum Gasteiger partial charge on any atom is -0.493 e. The summed E-state index contributed by atoms with van der Waals surface area (Å²) in [5, 5.41) is 6.25. The summed E-state index contributed by atoms with van der Waals surface area (Å²) in [6.07, 6.45) is 3.66. The van der Waals surface area contributed by atoms with Gasteiger partial charge in [-0.2, -0.15) is 0 Å². The molecule has 1 atom stereocenters. The van der Waals surface area contributed by atoms with Gasteiger partial charge in [0.2, 0.25) is 5.91 Å². The van der Waals surface area contributed by atoms with E-state index in [0.717, 1.165) is 30.6 Å². The first-order valence-electron chi connectivity index (χ1n) is 7.43. The molecular formula is C16H24N2O2. The number of carbonyl (C=O) groups is 1. The van der Waals surface area contributed by atoms with Crippen LogP contribution in [-0.4, -0.2) is 25.6 Å². The number of para-hydroxylation sites is 1. The Bertz CT molecular complexity index is 440. The van der Waals surface area contributed by atoms with Crippen LogP contribution in [0.25, 0.3) is 0 Å². The van der Waals surface area contributed by atoms with Gasteiger partial charge in [-0.05, 0) is 32.4 Å². The average Bonchev–Trinajstić information content (AvgIpc) is 3.25. The maximum Gasteiger partial charge on any atom is 0.223 e. The lowest BCUT2D eigenvalue weighted by Gasteiger charge is -2.18. The molecule has 0 radical (unpaired) electrons. The fourth-order valence-corrected chi connectivity index (χ4v) is 2.26. The lowest BCUT2D eigenvalue weighted by Crippen LogP contribution is -2.26. The molecule has 2 N–H and O–H groups in total. The number of benzene rings is 1. The van der Waals surface area contributed by atoms with E-state index in [1.54, 1.807) is 0 Å². The molecule has 20 heavy (non-hydrogen) atoms. The van der Waals surface area contributed by atoms with Crippen LogP contribution in [0.2, 0.25) is 0 Å². The van der Waals surface area contributed by atoms with Crippen molar-refractivity contribution >= 4 is 5.91 Å². The molecule has 1 aliphatic carbocycles. The summed E-state index contributed by atoms with van der Waals surface area (Å²) in [6, 6.07) is 8.72. The lowest BCUT2D eigenvalue weighted by molar-refractivity contribution is -0.121. The van der Waals surface area contributed by atoms with Crippen molar-refractivity contribution in [1.29, 1.82) is 0 Å². The van der Waals surface area contributed by atoms with Crippen LogP contribution >= 0.6 is 0 Å². The number of ether oxygens (including phenoxy) is 1. The quantitative estimate of drug-likeness (QED) is 0.766. The summed E-state index contributed by atoms with van der Waals surface area (Å²) in [7, 11) is 1.95. The molecule has 1 aliphatic rings. The predicted molar refractivity (Wildman–Crippen MR) is 79.8 cm³/mol. The van der Waals surface area contributed by atoms with Crippen molar-refractivity contribution in [1.82, 2.24) is 10.6 Å². The highest BCUT2D eigenvalue weighted by Crippen LogP contribution is 2.26. The zero-order valence-electron chi connectivity index (χ0n) is 12.3. The number of carbonyl (C=O) groups excluding carboxylic acids is 1. The third kappa shape index (κ3) is 4.23. The van der Waals surface area contributed by atoms with Crippen LogP contribution in [0.3, 0.4) is 0 Å². The SMILES string of the molecule is CCC(NC)c1ccccc1OCCC(=O)NC1CC1. The van der Waals surface area contributed by atoms with Gasteiger partial charge in [0.15, 0.2) is 0 Å². The van der Waals surface area contributed by atoms with Crippen LogP contribution in [-0.2, 0) is 4.79 Å². The van der Waals surface area contributed by atoms with Gasteiger partial charge in [-0.15, -0.1) is 0 Å². The van der Waals surface area contributed by atoms with Crippen molar-refractivity contribution in [3.05, 3.63) is 29.8 Å². The van der Waals surface area contributed by atoms with Gasteiger partial charge in [0.1, 0.15) is 5.75 Å². The second kappa shape index (κ2) is 7.29. The van der Waals surface area contributed by atoms with Gasteiger partial charge in [0, 0.05) is 17.6 Å². The molecule has 1 unspecified atom stereocenters. The lowest BCUT2D eigenvalue weighted by atomic mass is 10.0. The van der Waals surface area contributed by atoms with E-state index in [1.165, 1.54) is 0 Å². The van der Waals surface area contributed by atoms with Gasteiger partial charge in [-0.3, -0.25) is 4.79 Å². The number of amides is 1. The van der Waals surface area contributed by atoms with Crippen LogP contribution in [0.5, 0.6) is 5.75 Å². The third-order valence-electron chi connectivity index (χ3n) is 3.58. The molecule has 0 spiro atoms.